The zero-order valence-corrected chi connectivity index (χ0v) is 8.65. The van der Waals surface area contributed by atoms with Gasteiger partial charge < -0.3 is 5.32 Å². The molecule has 0 aliphatic rings. The molecule has 0 bridgehead atoms. The third-order valence-corrected chi connectivity index (χ3v) is 2.61. The van der Waals surface area contributed by atoms with Crippen molar-refractivity contribution in [2.75, 3.05) is 0 Å². The van der Waals surface area contributed by atoms with Gasteiger partial charge in [0.05, 0.1) is 6.04 Å². The van der Waals surface area contributed by atoms with Gasteiger partial charge in [0, 0.05) is 11.6 Å². The summed E-state index contributed by atoms with van der Waals surface area (Å²) < 4.78 is 35.9. The summed E-state index contributed by atoms with van der Waals surface area (Å²) in [6.45, 7) is 1.68. The molecule has 1 heterocycles. The molecule has 1 amide bonds. The van der Waals surface area contributed by atoms with E-state index >= 15 is 0 Å². The van der Waals surface area contributed by atoms with Crippen LogP contribution in [0.15, 0.2) is 11.6 Å². The van der Waals surface area contributed by atoms with Gasteiger partial charge in [0.25, 0.3) is 0 Å². The van der Waals surface area contributed by atoms with Crippen LogP contribution in [0.3, 0.4) is 0 Å². The lowest BCUT2D eigenvalue weighted by atomic mass is 10.2. The van der Waals surface area contributed by atoms with Gasteiger partial charge in [-0.05, 0) is 6.42 Å². The molecule has 84 valence electrons. The summed E-state index contributed by atoms with van der Waals surface area (Å²) in [5.41, 5.74) is 0. The maximum atomic E-state index is 12.0. The minimum atomic E-state index is -4.84. The van der Waals surface area contributed by atoms with Crippen molar-refractivity contribution in [3.05, 3.63) is 16.6 Å². The Bertz CT molecular complexity index is 323. The molecule has 0 spiro atoms. The third kappa shape index (κ3) is 3.19. The Morgan fingerprint density at radius 1 is 1.67 bits per heavy atom. The summed E-state index contributed by atoms with van der Waals surface area (Å²) >= 11 is 1.22. The van der Waals surface area contributed by atoms with Crippen LogP contribution in [0, 0.1) is 0 Å². The molecule has 0 fully saturated rings. The minimum absolute atomic E-state index is 0.370. The molecule has 1 aromatic rings. The van der Waals surface area contributed by atoms with Crippen molar-refractivity contribution in [1.82, 2.24) is 10.3 Å². The number of hydrogen-bond donors (Lipinski definition) is 1. The second kappa shape index (κ2) is 4.61. The molecule has 1 atom stereocenters. The standard InChI is InChI=1S/C8H9F3N2OS/c1-2-5(6-12-3-4-15-6)13-7(14)8(9,10)11/h3-5H,2H2,1H3,(H,13,14). The first-order valence-electron chi connectivity index (χ1n) is 4.22. The Morgan fingerprint density at radius 2 is 2.33 bits per heavy atom. The quantitative estimate of drug-likeness (QED) is 0.877. The molecular weight excluding hydrogens is 229 g/mol. The number of hydrogen-bond acceptors (Lipinski definition) is 3. The van der Waals surface area contributed by atoms with Crippen molar-refractivity contribution in [2.24, 2.45) is 0 Å². The lowest BCUT2D eigenvalue weighted by Crippen LogP contribution is -2.38. The number of nitrogens with zero attached hydrogens (tertiary/aromatic N) is 1. The molecule has 1 N–H and O–H groups in total. The van der Waals surface area contributed by atoms with Crippen molar-refractivity contribution in [3.8, 4) is 0 Å². The van der Waals surface area contributed by atoms with E-state index in [0.29, 0.717) is 11.4 Å². The van der Waals surface area contributed by atoms with Crippen LogP contribution in [0.25, 0.3) is 0 Å². The highest BCUT2D eigenvalue weighted by molar-refractivity contribution is 7.09. The largest absolute Gasteiger partial charge is 0.471 e. The lowest BCUT2D eigenvalue weighted by molar-refractivity contribution is -0.174. The van der Waals surface area contributed by atoms with E-state index < -0.39 is 18.1 Å². The number of nitrogens with one attached hydrogen (secondary N) is 1. The molecule has 0 aromatic carbocycles. The summed E-state index contributed by atoms with van der Waals surface area (Å²) in [5.74, 6) is -1.93. The van der Waals surface area contributed by atoms with Crippen LogP contribution in [0.4, 0.5) is 13.2 Å². The second-order valence-electron chi connectivity index (χ2n) is 2.80. The molecule has 7 heteroatoms. The third-order valence-electron chi connectivity index (χ3n) is 1.72. The Kier molecular flexibility index (Phi) is 3.67. The van der Waals surface area contributed by atoms with Crippen LogP contribution in [0.5, 0.6) is 0 Å². The maximum absolute atomic E-state index is 12.0. The number of carbonyl (C=O) groups excluding carboxylic acids is 1. The normalized spacial score (nSPS) is 13.6. The molecule has 1 unspecified atom stereocenters. The van der Waals surface area contributed by atoms with Gasteiger partial charge >= 0.3 is 12.1 Å². The average molecular weight is 238 g/mol. The first-order chi connectivity index (χ1) is 6.95. The fourth-order valence-corrected chi connectivity index (χ4v) is 1.76. The highest BCUT2D eigenvalue weighted by atomic mass is 32.1. The van der Waals surface area contributed by atoms with Crippen LogP contribution >= 0.6 is 11.3 Å². The summed E-state index contributed by atoms with van der Waals surface area (Å²) in [6, 6.07) is -0.667. The average Bonchev–Trinajstić information content (AvgIpc) is 2.64. The van der Waals surface area contributed by atoms with Gasteiger partial charge in [-0.2, -0.15) is 13.2 Å². The minimum Gasteiger partial charge on any atom is -0.339 e. The van der Waals surface area contributed by atoms with Gasteiger partial charge in [-0.1, -0.05) is 6.92 Å². The highest BCUT2D eigenvalue weighted by Gasteiger charge is 2.39. The topological polar surface area (TPSA) is 42.0 Å². The molecule has 0 aliphatic heterocycles. The van der Waals surface area contributed by atoms with Crippen molar-refractivity contribution in [3.63, 3.8) is 0 Å². The number of halogens is 3. The highest BCUT2D eigenvalue weighted by Crippen LogP contribution is 2.22. The molecule has 0 radical (unpaired) electrons. The predicted molar refractivity (Wildman–Crippen MR) is 49.3 cm³/mol. The van der Waals surface area contributed by atoms with Crippen molar-refractivity contribution < 1.29 is 18.0 Å². The smallest absolute Gasteiger partial charge is 0.339 e. The van der Waals surface area contributed by atoms with E-state index in [0.717, 1.165) is 0 Å². The summed E-state index contributed by atoms with van der Waals surface area (Å²) in [6.07, 6.45) is -2.98. The van der Waals surface area contributed by atoms with Gasteiger partial charge in [0.1, 0.15) is 5.01 Å². The zero-order valence-electron chi connectivity index (χ0n) is 7.84. The Morgan fingerprint density at radius 3 is 2.73 bits per heavy atom. The molecule has 0 aliphatic carbocycles. The maximum Gasteiger partial charge on any atom is 0.471 e. The molecular formula is C8H9F3N2OS. The predicted octanol–water partition coefficient (Wildman–Crippen LogP) is 2.27. The van der Waals surface area contributed by atoms with Crippen LogP contribution in [0.2, 0.25) is 0 Å². The van der Waals surface area contributed by atoms with Gasteiger partial charge in [-0.25, -0.2) is 4.98 Å². The lowest BCUT2D eigenvalue weighted by Gasteiger charge is -2.15. The van der Waals surface area contributed by atoms with E-state index in [1.165, 1.54) is 17.5 Å². The first kappa shape index (κ1) is 12.0. The SMILES string of the molecule is CCC(NC(=O)C(F)(F)F)c1nccs1. The van der Waals surface area contributed by atoms with Crippen molar-refractivity contribution in [2.45, 2.75) is 25.6 Å². The molecule has 0 saturated heterocycles. The van der Waals surface area contributed by atoms with Gasteiger partial charge in [0.15, 0.2) is 0 Å². The molecule has 3 nitrogen and oxygen atoms in total. The van der Waals surface area contributed by atoms with Crippen LogP contribution in [-0.4, -0.2) is 17.1 Å². The van der Waals surface area contributed by atoms with E-state index in [1.54, 1.807) is 12.3 Å². The van der Waals surface area contributed by atoms with E-state index in [1.807, 2.05) is 5.32 Å². The number of carbonyl (C=O) groups is 1. The number of aromatic nitrogens is 1. The fraction of sp³-hybridized carbons (Fsp3) is 0.500. The summed E-state index contributed by atoms with van der Waals surface area (Å²) in [5, 5.41) is 4.03. The molecule has 0 saturated carbocycles. The van der Waals surface area contributed by atoms with Gasteiger partial charge in [-0.15, -0.1) is 11.3 Å². The van der Waals surface area contributed by atoms with Gasteiger partial charge in [0.2, 0.25) is 0 Å². The van der Waals surface area contributed by atoms with Crippen LogP contribution in [0.1, 0.15) is 24.4 Å². The number of rotatable bonds is 3. The molecule has 1 aromatic heterocycles. The van der Waals surface area contributed by atoms with Crippen molar-refractivity contribution in [1.29, 1.82) is 0 Å². The van der Waals surface area contributed by atoms with E-state index in [4.69, 9.17) is 0 Å². The second-order valence-corrected chi connectivity index (χ2v) is 3.73. The fourth-order valence-electron chi connectivity index (χ4n) is 0.985. The number of alkyl halides is 3. The van der Waals surface area contributed by atoms with Crippen molar-refractivity contribution >= 4 is 17.2 Å². The van der Waals surface area contributed by atoms with Crippen LogP contribution in [-0.2, 0) is 4.79 Å². The summed E-state index contributed by atoms with van der Waals surface area (Å²) in [7, 11) is 0. The summed E-state index contributed by atoms with van der Waals surface area (Å²) in [4.78, 5) is 14.5. The van der Waals surface area contributed by atoms with Crippen LogP contribution < -0.4 is 5.32 Å². The number of thiazole rings is 1. The zero-order chi connectivity index (χ0) is 11.5. The Labute approximate surface area is 88.3 Å². The van der Waals surface area contributed by atoms with E-state index in [-0.39, 0.29) is 0 Å². The Balaban J connectivity index is 2.67. The molecule has 1 rings (SSSR count). The van der Waals surface area contributed by atoms with Gasteiger partial charge in [-0.3, -0.25) is 4.79 Å². The monoisotopic (exact) mass is 238 g/mol. The Hall–Kier alpha value is -1.11. The first-order valence-corrected chi connectivity index (χ1v) is 5.10. The van der Waals surface area contributed by atoms with E-state index in [9.17, 15) is 18.0 Å². The molecule has 15 heavy (non-hydrogen) atoms. The van der Waals surface area contributed by atoms with E-state index in [2.05, 4.69) is 4.98 Å². The number of amides is 1.